The van der Waals surface area contributed by atoms with Crippen LogP contribution in [-0.4, -0.2) is 12.5 Å². The Hall–Kier alpha value is -1.82. The highest BCUT2D eigenvalue weighted by atomic mass is 16.1. The molecule has 80 valence electrons. The van der Waals surface area contributed by atoms with Crippen molar-refractivity contribution in [1.29, 1.82) is 5.26 Å². The van der Waals surface area contributed by atoms with Gasteiger partial charge in [0.2, 0.25) is 0 Å². The molecule has 1 aromatic carbocycles. The van der Waals surface area contributed by atoms with Gasteiger partial charge in [-0.1, -0.05) is 31.5 Å². The molecule has 1 N–H and O–H groups in total. The van der Waals surface area contributed by atoms with Gasteiger partial charge >= 0.3 is 0 Å². The quantitative estimate of drug-likeness (QED) is 0.751. The van der Waals surface area contributed by atoms with Gasteiger partial charge in [0.25, 0.3) is 5.91 Å². The summed E-state index contributed by atoms with van der Waals surface area (Å²) in [6.45, 7) is 6.00. The summed E-state index contributed by atoms with van der Waals surface area (Å²) < 4.78 is 0. The van der Waals surface area contributed by atoms with Crippen LogP contribution in [0.15, 0.2) is 24.3 Å². The van der Waals surface area contributed by atoms with Crippen molar-refractivity contribution >= 4 is 5.91 Å². The Morgan fingerprint density at radius 2 is 1.87 bits per heavy atom. The van der Waals surface area contributed by atoms with Crippen molar-refractivity contribution in [1.82, 2.24) is 5.32 Å². The zero-order valence-corrected chi connectivity index (χ0v) is 9.37. The van der Waals surface area contributed by atoms with Crippen LogP contribution < -0.4 is 5.32 Å². The zero-order valence-electron chi connectivity index (χ0n) is 9.37. The van der Waals surface area contributed by atoms with Crippen molar-refractivity contribution in [3.8, 4) is 6.07 Å². The fraction of sp³-hybridized carbons (Fsp3) is 0.333. The topological polar surface area (TPSA) is 52.9 Å². The molecule has 0 aromatic heterocycles. The standard InChI is InChI=1S/C10H10N2O.C2H6/c1-8-2-4-9(5-3-8)10(13)12-7-6-11;1-2/h2-5H,7H2,1H3,(H,12,13);1-2H3. The number of rotatable bonds is 2. The van der Waals surface area contributed by atoms with Gasteiger partial charge in [0.15, 0.2) is 0 Å². The molecule has 0 heterocycles. The van der Waals surface area contributed by atoms with Crippen molar-refractivity contribution in [2.75, 3.05) is 6.54 Å². The molecule has 3 nitrogen and oxygen atoms in total. The molecule has 0 atom stereocenters. The third kappa shape index (κ3) is 4.82. The van der Waals surface area contributed by atoms with Crippen LogP contribution in [0.5, 0.6) is 0 Å². The SMILES string of the molecule is CC.Cc1ccc(C(=O)NCC#N)cc1. The van der Waals surface area contributed by atoms with Crippen LogP contribution in [0.25, 0.3) is 0 Å². The van der Waals surface area contributed by atoms with E-state index < -0.39 is 0 Å². The first kappa shape index (κ1) is 13.2. The maximum absolute atomic E-state index is 11.3. The number of amides is 1. The van der Waals surface area contributed by atoms with Crippen molar-refractivity contribution < 1.29 is 4.79 Å². The van der Waals surface area contributed by atoms with Crippen LogP contribution >= 0.6 is 0 Å². The maximum Gasteiger partial charge on any atom is 0.252 e. The van der Waals surface area contributed by atoms with E-state index in [1.54, 1.807) is 12.1 Å². The van der Waals surface area contributed by atoms with E-state index in [0.29, 0.717) is 5.56 Å². The Kier molecular flexibility index (Phi) is 6.65. The average molecular weight is 204 g/mol. The number of hydrogen-bond acceptors (Lipinski definition) is 2. The molecule has 0 fully saturated rings. The third-order valence-electron chi connectivity index (χ3n) is 1.64. The van der Waals surface area contributed by atoms with E-state index in [9.17, 15) is 4.79 Å². The molecule has 0 unspecified atom stereocenters. The highest BCUT2D eigenvalue weighted by molar-refractivity contribution is 5.94. The minimum atomic E-state index is -0.207. The molecule has 3 heteroatoms. The third-order valence-corrected chi connectivity index (χ3v) is 1.64. The van der Waals surface area contributed by atoms with Crippen LogP contribution in [0.4, 0.5) is 0 Å². The zero-order chi connectivity index (χ0) is 11.7. The average Bonchev–Trinajstić information content (AvgIpc) is 2.29. The number of nitrogens with zero attached hydrogens (tertiary/aromatic N) is 1. The molecule has 0 saturated carbocycles. The van der Waals surface area contributed by atoms with Crippen molar-refractivity contribution in [2.24, 2.45) is 0 Å². The van der Waals surface area contributed by atoms with E-state index in [0.717, 1.165) is 5.56 Å². The molecule has 0 aliphatic rings. The first-order chi connectivity index (χ1) is 7.24. The summed E-state index contributed by atoms with van der Waals surface area (Å²) in [5.74, 6) is -0.207. The molecule has 0 radical (unpaired) electrons. The predicted molar refractivity (Wildman–Crippen MR) is 60.5 cm³/mol. The van der Waals surface area contributed by atoms with Gasteiger partial charge in [-0.3, -0.25) is 4.79 Å². The second-order valence-corrected chi connectivity index (χ2v) is 2.71. The van der Waals surface area contributed by atoms with Gasteiger partial charge in [-0.2, -0.15) is 5.26 Å². The van der Waals surface area contributed by atoms with E-state index in [1.807, 2.05) is 39.0 Å². The fourth-order valence-corrected chi connectivity index (χ4v) is 0.927. The Morgan fingerprint density at radius 1 is 1.33 bits per heavy atom. The van der Waals surface area contributed by atoms with E-state index in [1.165, 1.54) is 0 Å². The molecule has 0 saturated heterocycles. The molecular formula is C12H16N2O. The lowest BCUT2D eigenvalue weighted by molar-refractivity contribution is 0.0958. The Labute approximate surface area is 90.7 Å². The molecule has 0 aliphatic heterocycles. The van der Waals surface area contributed by atoms with Gasteiger partial charge in [-0.25, -0.2) is 0 Å². The first-order valence-corrected chi connectivity index (χ1v) is 4.96. The molecule has 0 spiro atoms. The maximum atomic E-state index is 11.3. The van der Waals surface area contributed by atoms with E-state index in [2.05, 4.69) is 5.32 Å². The summed E-state index contributed by atoms with van der Waals surface area (Å²) in [6, 6.07) is 9.05. The summed E-state index contributed by atoms with van der Waals surface area (Å²) in [5.41, 5.74) is 1.69. The summed E-state index contributed by atoms with van der Waals surface area (Å²) in [7, 11) is 0. The molecule has 1 amide bonds. The number of carbonyl (C=O) groups is 1. The van der Waals surface area contributed by atoms with Gasteiger partial charge in [-0.15, -0.1) is 0 Å². The molecule has 0 aliphatic carbocycles. The summed E-state index contributed by atoms with van der Waals surface area (Å²) in [6.07, 6.45) is 0. The minimum absolute atomic E-state index is 0.0483. The lowest BCUT2D eigenvalue weighted by Crippen LogP contribution is -2.23. The molecule has 1 rings (SSSR count). The van der Waals surface area contributed by atoms with Gasteiger partial charge < -0.3 is 5.32 Å². The van der Waals surface area contributed by atoms with E-state index >= 15 is 0 Å². The van der Waals surface area contributed by atoms with Gasteiger partial charge in [0, 0.05) is 5.56 Å². The number of nitrogens with one attached hydrogen (secondary N) is 1. The number of hydrogen-bond donors (Lipinski definition) is 1. The normalized spacial score (nSPS) is 8.13. The Bertz CT molecular complexity index is 336. The summed E-state index contributed by atoms with van der Waals surface area (Å²) in [4.78, 5) is 11.3. The van der Waals surface area contributed by atoms with Crippen LogP contribution in [0.3, 0.4) is 0 Å². The van der Waals surface area contributed by atoms with E-state index in [-0.39, 0.29) is 12.5 Å². The van der Waals surface area contributed by atoms with E-state index in [4.69, 9.17) is 5.26 Å². The highest BCUT2D eigenvalue weighted by Crippen LogP contribution is 2.02. The molecule has 0 bridgehead atoms. The Morgan fingerprint density at radius 3 is 2.33 bits per heavy atom. The molecule has 1 aromatic rings. The Balaban J connectivity index is 0.000000921. The largest absolute Gasteiger partial charge is 0.339 e. The lowest BCUT2D eigenvalue weighted by Gasteiger charge is -2.00. The van der Waals surface area contributed by atoms with Gasteiger partial charge in [-0.05, 0) is 19.1 Å². The van der Waals surface area contributed by atoms with Crippen LogP contribution in [-0.2, 0) is 0 Å². The molecule has 15 heavy (non-hydrogen) atoms. The van der Waals surface area contributed by atoms with Gasteiger partial charge in [0.1, 0.15) is 6.54 Å². The lowest BCUT2D eigenvalue weighted by atomic mass is 10.1. The van der Waals surface area contributed by atoms with Crippen LogP contribution in [0.1, 0.15) is 29.8 Å². The summed E-state index contributed by atoms with van der Waals surface area (Å²) in [5, 5.41) is 10.7. The number of carbonyl (C=O) groups excluding carboxylic acids is 1. The van der Waals surface area contributed by atoms with Crippen molar-refractivity contribution in [3.05, 3.63) is 35.4 Å². The van der Waals surface area contributed by atoms with Crippen molar-refractivity contribution in [3.63, 3.8) is 0 Å². The molecular weight excluding hydrogens is 188 g/mol. The number of benzene rings is 1. The van der Waals surface area contributed by atoms with Crippen LogP contribution in [0, 0.1) is 18.3 Å². The minimum Gasteiger partial charge on any atom is -0.339 e. The second kappa shape index (κ2) is 7.57. The van der Waals surface area contributed by atoms with Crippen molar-refractivity contribution in [2.45, 2.75) is 20.8 Å². The second-order valence-electron chi connectivity index (χ2n) is 2.71. The van der Waals surface area contributed by atoms with Crippen LogP contribution in [0.2, 0.25) is 0 Å². The fourth-order valence-electron chi connectivity index (χ4n) is 0.927. The smallest absolute Gasteiger partial charge is 0.252 e. The predicted octanol–water partition coefficient (Wildman–Crippen LogP) is 2.27. The highest BCUT2D eigenvalue weighted by Gasteiger charge is 2.02. The summed E-state index contributed by atoms with van der Waals surface area (Å²) >= 11 is 0. The first-order valence-electron chi connectivity index (χ1n) is 4.96. The number of aryl methyl sites for hydroxylation is 1. The number of nitriles is 1. The van der Waals surface area contributed by atoms with Gasteiger partial charge in [0.05, 0.1) is 6.07 Å². The monoisotopic (exact) mass is 204 g/mol.